The van der Waals surface area contributed by atoms with Crippen molar-refractivity contribution in [1.82, 2.24) is 9.97 Å². The molecule has 0 radical (unpaired) electrons. The highest BCUT2D eigenvalue weighted by molar-refractivity contribution is 7.26. The number of nitrogens with zero attached hydrogens (tertiary/aromatic N) is 2. The van der Waals surface area contributed by atoms with Crippen LogP contribution in [0.1, 0.15) is 0 Å². The first-order valence-electron chi connectivity index (χ1n) is 17.5. The fourth-order valence-electron chi connectivity index (χ4n) is 7.70. The van der Waals surface area contributed by atoms with Gasteiger partial charge in [0.25, 0.3) is 0 Å². The molecule has 242 valence electrons. The molecule has 0 aliphatic carbocycles. The predicted molar refractivity (Wildman–Crippen MR) is 219 cm³/mol. The highest BCUT2D eigenvalue weighted by Crippen LogP contribution is 2.43. The Morgan fingerprint density at radius 1 is 0.423 bits per heavy atom. The highest BCUT2D eigenvalue weighted by atomic mass is 32.1. The lowest BCUT2D eigenvalue weighted by Crippen LogP contribution is -1.93. The normalized spacial score (nSPS) is 11.8. The predicted octanol–water partition coefficient (Wildman–Crippen LogP) is 13.7. The van der Waals surface area contributed by atoms with Crippen LogP contribution in [0.3, 0.4) is 0 Å². The van der Waals surface area contributed by atoms with E-state index >= 15 is 0 Å². The number of furan rings is 1. The number of hydrogen-bond donors (Lipinski definition) is 0. The molecule has 0 aliphatic heterocycles. The molecule has 0 saturated carbocycles. The van der Waals surface area contributed by atoms with Gasteiger partial charge in [0.2, 0.25) is 0 Å². The molecule has 4 heteroatoms. The van der Waals surface area contributed by atoms with Gasteiger partial charge in [-0.3, -0.25) is 0 Å². The van der Waals surface area contributed by atoms with Gasteiger partial charge in [0.05, 0.1) is 15.9 Å². The molecule has 11 aromatic rings. The van der Waals surface area contributed by atoms with Gasteiger partial charge in [-0.15, -0.1) is 11.3 Å². The Bertz CT molecular complexity index is 3180. The van der Waals surface area contributed by atoms with Crippen molar-refractivity contribution in [3.8, 4) is 44.9 Å². The number of benzene rings is 8. The molecule has 52 heavy (non-hydrogen) atoms. The van der Waals surface area contributed by atoms with Crippen molar-refractivity contribution in [2.45, 2.75) is 0 Å². The van der Waals surface area contributed by atoms with Crippen LogP contribution in [0.25, 0.3) is 109 Å². The lowest BCUT2D eigenvalue weighted by atomic mass is 9.93. The Morgan fingerprint density at radius 2 is 1.12 bits per heavy atom. The summed E-state index contributed by atoms with van der Waals surface area (Å²) in [6.45, 7) is 0. The van der Waals surface area contributed by atoms with Gasteiger partial charge >= 0.3 is 0 Å². The van der Waals surface area contributed by atoms with E-state index in [4.69, 9.17) is 14.4 Å². The summed E-state index contributed by atoms with van der Waals surface area (Å²) in [7, 11) is 0. The van der Waals surface area contributed by atoms with Crippen LogP contribution in [-0.4, -0.2) is 9.97 Å². The fourth-order valence-corrected chi connectivity index (χ4v) is 8.85. The quantitative estimate of drug-likeness (QED) is 0.186. The smallest absolute Gasteiger partial charge is 0.160 e. The summed E-state index contributed by atoms with van der Waals surface area (Å²) in [5.41, 5.74) is 10.5. The minimum atomic E-state index is 0.705. The lowest BCUT2D eigenvalue weighted by Gasteiger charge is -2.10. The number of aromatic nitrogens is 2. The second kappa shape index (κ2) is 11.5. The standard InChI is InChI=1S/C48H28N2OS/c1-2-11-32(12-3-1)44-47-45(38-16-8-9-17-43(38)52-47)50-48(49-44)35-24-25-42-40(27-35)41-28-39(36-14-6-7-15-37(36)46(41)51-42)31-21-18-30(19-22-31)34-23-20-29-10-4-5-13-33(29)26-34/h1-28H. The SMILES string of the molecule is c1ccc(-c2nc(-c3ccc4oc5c6ccccc6c(-c6ccc(-c7ccc8ccccc8c7)cc6)cc5c4c3)nc3c2sc2ccccc23)cc1. The van der Waals surface area contributed by atoms with Crippen molar-refractivity contribution in [2.75, 3.05) is 0 Å². The van der Waals surface area contributed by atoms with Gasteiger partial charge in [-0.2, -0.15) is 0 Å². The van der Waals surface area contributed by atoms with Crippen molar-refractivity contribution in [2.24, 2.45) is 0 Å². The summed E-state index contributed by atoms with van der Waals surface area (Å²) < 4.78 is 8.94. The third-order valence-corrected chi connectivity index (χ3v) is 11.4. The van der Waals surface area contributed by atoms with Gasteiger partial charge < -0.3 is 4.42 Å². The summed E-state index contributed by atoms with van der Waals surface area (Å²) >= 11 is 1.75. The van der Waals surface area contributed by atoms with E-state index in [9.17, 15) is 0 Å². The van der Waals surface area contributed by atoms with E-state index in [0.717, 1.165) is 59.7 Å². The summed E-state index contributed by atoms with van der Waals surface area (Å²) in [6, 6.07) is 60.3. The van der Waals surface area contributed by atoms with Gasteiger partial charge in [-0.1, -0.05) is 133 Å². The number of thiophene rings is 1. The van der Waals surface area contributed by atoms with Crippen molar-refractivity contribution in [3.05, 3.63) is 170 Å². The Balaban J connectivity index is 1.08. The Morgan fingerprint density at radius 3 is 1.98 bits per heavy atom. The zero-order valence-electron chi connectivity index (χ0n) is 27.9. The topological polar surface area (TPSA) is 38.9 Å². The molecule has 3 heterocycles. The van der Waals surface area contributed by atoms with Crippen molar-refractivity contribution < 1.29 is 4.42 Å². The largest absolute Gasteiger partial charge is 0.455 e. The zero-order chi connectivity index (χ0) is 34.2. The first-order valence-corrected chi connectivity index (χ1v) is 18.3. The van der Waals surface area contributed by atoms with Gasteiger partial charge in [0, 0.05) is 37.4 Å². The number of fused-ring (bicyclic) bond motifs is 9. The maximum absolute atomic E-state index is 6.63. The first-order chi connectivity index (χ1) is 25.7. The second-order valence-electron chi connectivity index (χ2n) is 13.3. The van der Waals surface area contributed by atoms with Gasteiger partial charge in [0.1, 0.15) is 11.2 Å². The molecular formula is C48H28N2OS. The van der Waals surface area contributed by atoms with Crippen molar-refractivity contribution in [1.29, 1.82) is 0 Å². The fraction of sp³-hybridized carbons (Fsp3) is 0. The van der Waals surface area contributed by atoms with Crippen LogP contribution in [0.2, 0.25) is 0 Å². The Hall–Kier alpha value is -6.62. The van der Waals surface area contributed by atoms with Crippen LogP contribution in [0.5, 0.6) is 0 Å². The molecule has 3 aromatic heterocycles. The van der Waals surface area contributed by atoms with Crippen LogP contribution in [0.4, 0.5) is 0 Å². The molecule has 0 aliphatic rings. The molecule has 0 saturated heterocycles. The monoisotopic (exact) mass is 680 g/mol. The van der Waals surface area contributed by atoms with Crippen LogP contribution >= 0.6 is 11.3 Å². The third kappa shape index (κ3) is 4.58. The van der Waals surface area contributed by atoms with Crippen molar-refractivity contribution >= 4 is 75.1 Å². The van der Waals surface area contributed by atoms with E-state index in [1.807, 2.05) is 6.07 Å². The molecular weight excluding hydrogens is 653 g/mol. The molecule has 11 rings (SSSR count). The van der Waals surface area contributed by atoms with Crippen LogP contribution in [0.15, 0.2) is 174 Å². The van der Waals surface area contributed by atoms with E-state index < -0.39 is 0 Å². The lowest BCUT2D eigenvalue weighted by molar-refractivity contribution is 0.672. The average Bonchev–Trinajstić information content (AvgIpc) is 3.78. The third-order valence-electron chi connectivity index (χ3n) is 10.3. The molecule has 0 bridgehead atoms. The van der Waals surface area contributed by atoms with Crippen LogP contribution in [0, 0.1) is 0 Å². The zero-order valence-corrected chi connectivity index (χ0v) is 28.7. The molecule has 0 unspecified atom stereocenters. The van der Waals surface area contributed by atoms with Crippen molar-refractivity contribution in [3.63, 3.8) is 0 Å². The molecule has 0 N–H and O–H groups in total. The Kier molecular flexibility index (Phi) is 6.42. The second-order valence-corrected chi connectivity index (χ2v) is 14.4. The average molecular weight is 681 g/mol. The van der Waals surface area contributed by atoms with Crippen LogP contribution in [-0.2, 0) is 0 Å². The summed E-state index contributed by atoms with van der Waals surface area (Å²) in [6.07, 6.45) is 0. The van der Waals surface area contributed by atoms with E-state index in [-0.39, 0.29) is 0 Å². The minimum absolute atomic E-state index is 0.705. The molecule has 0 amide bonds. The highest BCUT2D eigenvalue weighted by Gasteiger charge is 2.19. The maximum Gasteiger partial charge on any atom is 0.160 e. The first kappa shape index (κ1) is 29.1. The van der Waals surface area contributed by atoms with Gasteiger partial charge in [0.15, 0.2) is 5.82 Å². The minimum Gasteiger partial charge on any atom is -0.455 e. The maximum atomic E-state index is 6.63. The van der Waals surface area contributed by atoms with E-state index in [1.54, 1.807) is 11.3 Å². The van der Waals surface area contributed by atoms with Gasteiger partial charge in [-0.25, -0.2) is 9.97 Å². The molecule has 3 nitrogen and oxygen atoms in total. The van der Waals surface area contributed by atoms with E-state index in [1.165, 1.54) is 43.1 Å². The van der Waals surface area contributed by atoms with E-state index in [2.05, 4.69) is 164 Å². The number of hydrogen-bond acceptors (Lipinski definition) is 4. The summed E-state index contributed by atoms with van der Waals surface area (Å²) in [4.78, 5) is 10.5. The molecule has 0 atom stereocenters. The number of rotatable bonds is 4. The van der Waals surface area contributed by atoms with Crippen LogP contribution < -0.4 is 0 Å². The summed E-state index contributed by atoms with van der Waals surface area (Å²) in [5.74, 6) is 0.705. The van der Waals surface area contributed by atoms with E-state index in [0.29, 0.717) is 5.82 Å². The molecule has 0 spiro atoms. The Labute approximate surface area is 303 Å². The van der Waals surface area contributed by atoms with Gasteiger partial charge in [-0.05, 0) is 74.8 Å². The molecule has 8 aromatic carbocycles. The summed E-state index contributed by atoms with van der Waals surface area (Å²) in [5, 5.41) is 8.04. The molecule has 0 fully saturated rings.